The Kier molecular flexibility index (Phi) is 2.85. The fourth-order valence-corrected chi connectivity index (χ4v) is 2.88. The lowest BCUT2D eigenvalue weighted by molar-refractivity contribution is 0.0548. The van der Waals surface area contributed by atoms with Gasteiger partial charge in [-0.1, -0.05) is 12.1 Å². The van der Waals surface area contributed by atoms with E-state index in [1.807, 2.05) is 30.5 Å². The summed E-state index contributed by atoms with van der Waals surface area (Å²) in [6.45, 7) is 3.48. The smallest absolute Gasteiger partial charge is 0.161 e. The highest BCUT2D eigenvalue weighted by Crippen LogP contribution is 2.31. The lowest BCUT2D eigenvalue weighted by Crippen LogP contribution is -2.42. The summed E-state index contributed by atoms with van der Waals surface area (Å²) in [5.41, 5.74) is 2.57. The summed E-state index contributed by atoms with van der Waals surface area (Å²) in [5, 5.41) is 7.17. The molecular weight excluding hydrogens is 254 g/mol. The minimum Gasteiger partial charge on any atom is -0.486 e. The van der Waals surface area contributed by atoms with Crippen LogP contribution in [0.1, 0.15) is 11.3 Å². The van der Waals surface area contributed by atoms with Crippen LogP contribution in [-0.4, -0.2) is 40.9 Å². The van der Waals surface area contributed by atoms with E-state index in [2.05, 4.69) is 15.1 Å². The van der Waals surface area contributed by atoms with Crippen molar-refractivity contribution in [2.24, 2.45) is 0 Å². The molecule has 1 N–H and O–H groups in total. The van der Waals surface area contributed by atoms with Crippen LogP contribution in [0.2, 0.25) is 0 Å². The number of aromatic amines is 1. The molecule has 0 saturated heterocycles. The highest BCUT2D eigenvalue weighted by atomic mass is 16.6. The normalized spacial score (nSPS) is 21.5. The molecule has 1 atom stereocenters. The maximum Gasteiger partial charge on any atom is 0.161 e. The van der Waals surface area contributed by atoms with Crippen molar-refractivity contribution in [3.8, 4) is 11.5 Å². The number of benzene rings is 1. The van der Waals surface area contributed by atoms with Crippen molar-refractivity contribution in [2.75, 3.05) is 19.7 Å². The average Bonchev–Trinajstić information content (AvgIpc) is 2.95. The van der Waals surface area contributed by atoms with Crippen LogP contribution in [0.15, 0.2) is 30.5 Å². The largest absolute Gasteiger partial charge is 0.486 e. The van der Waals surface area contributed by atoms with Crippen LogP contribution in [0.3, 0.4) is 0 Å². The summed E-state index contributed by atoms with van der Waals surface area (Å²) in [6, 6.07) is 7.85. The Morgan fingerprint density at radius 3 is 3.15 bits per heavy atom. The van der Waals surface area contributed by atoms with E-state index in [0.717, 1.165) is 37.6 Å². The molecule has 0 bridgehead atoms. The van der Waals surface area contributed by atoms with E-state index < -0.39 is 0 Å². The Balaban J connectivity index is 1.42. The Labute approximate surface area is 117 Å². The molecule has 0 fully saturated rings. The van der Waals surface area contributed by atoms with Crippen LogP contribution in [0.4, 0.5) is 0 Å². The molecule has 5 heteroatoms. The minimum atomic E-state index is 0.0957. The molecule has 1 unspecified atom stereocenters. The third-order valence-electron chi connectivity index (χ3n) is 3.91. The summed E-state index contributed by atoms with van der Waals surface area (Å²) >= 11 is 0. The lowest BCUT2D eigenvalue weighted by Gasteiger charge is -2.32. The van der Waals surface area contributed by atoms with E-state index >= 15 is 0 Å². The lowest BCUT2D eigenvalue weighted by atomic mass is 10.1. The predicted molar refractivity (Wildman–Crippen MR) is 73.9 cm³/mol. The highest BCUT2D eigenvalue weighted by molar-refractivity contribution is 5.40. The topological polar surface area (TPSA) is 50.4 Å². The third-order valence-corrected chi connectivity index (χ3v) is 3.91. The van der Waals surface area contributed by atoms with Crippen LogP contribution in [-0.2, 0) is 13.0 Å². The van der Waals surface area contributed by atoms with Crippen molar-refractivity contribution in [2.45, 2.75) is 19.1 Å². The van der Waals surface area contributed by atoms with Gasteiger partial charge in [-0.25, -0.2) is 0 Å². The van der Waals surface area contributed by atoms with Gasteiger partial charge in [-0.05, 0) is 12.1 Å². The van der Waals surface area contributed by atoms with Crippen molar-refractivity contribution in [3.63, 3.8) is 0 Å². The van der Waals surface area contributed by atoms with E-state index in [9.17, 15) is 0 Å². The first-order chi connectivity index (χ1) is 9.88. The quantitative estimate of drug-likeness (QED) is 0.901. The molecule has 2 aliphatic rings. The van der Waals surface area contributed by atoms with Crippen molar-refractivity contribution >= 4 is 0 Å². The molecule has 2 aromatic rings. The van der Waals surface area contributed by atoms with Gasteiger partial charge < -0.3 is 9.47 Å². The van der Waals surface area contributed by atoms with Gasteiger partial charge in [-0.3, -0.25) is 10.00 Å². The molecule has 4 rings (SSSR count). The first kappa shape index (κ1) is 11.8. The molecule has 0 spiro atoms. The molecule has 3 heterocycles. The zero-order chi connectivity index (χ0) is 13.4. The van der Waals surface area contributed by atoms with E-state index in [0.29, 0.717) is 6.61 Å². The van der Waals surface area contributed by atoms with E-state index in [1.165, 1.54) is 11.3 Å². The molecule has 0 amide bonds. The SMILES string of the molecule is c1ccc2c(c1)OCC(CN1CCc3[nH]ncc3C1)O2. The number of hydrogen-bond acceptors (Lipinski definition) is 4. The molecule has 1 aromatic carbocycles. The van der Waals surface area contributed by atoms with Crippen LogP contribution in [0.25, 0.3) is 0 Å². The second kappa shape index (κ2) is 4.83. The molecule has 2 aliphatic heterocycles. The second-order valence-electron chi connectivity index (χ2n) is 5.36. The maximum absolute atomic E-state index is 6.01. The van der Waals surface area contributed by atoms with Gasteiger partial charge in [0.2, 0.25) is 0 Å². The third kappa shape index (κ3) is 2.14. The molecule has 1 aromatic heterocycles. The number of H-pyrrole nitrogens is 1. The van der Waals surface area contributed by atoms with E-state index in [-0.39, 0.29) is 6.10 Å². The number of fused-ring (bicyclic) bond motifs is 2. The molecule has 0 aliphatic carbocycles. The van der Waals surface area contributed by atoms with Gasteiger partial charge in [-0.15, -0.1) is 0 Å². The number of ether oxygens (including phenoxy) is 2. The zero-order valence-corrected chi connectivity index (χ0v) is 11.2. The Morgan fingerprint density at radius 1 is 1.30 bits per heavy atom. The van der Waals surface area contributed by atoms with Crippen LogP contribution in [0.5, 0.6) is 11.5 Å². The fourth-order valence-electron chi connectivity index (χ4n) is 2.88. The van der Waals surface area contributed by atoms with Crippen molar-refractivity contribution in [3.05, 3.63) is 41.7 Å². The van der Waals surface area contributed by atoms with Gasteiger partial charge in [0.05, 0.1) is 6.20 Å². The van der Waals surface area contributed by atoms with Crippen molar-refractivity contribution in [1.29, 1.82) is 0 Å². The van der Waals surface area contributed by atoms with Gasteiger partial charge >= 0.3 is 0 Å². The van der Waals surface area contributed by atoms with Gasteiger partial charge in [0.1, 0.15) is 12.7 Å². The highest BCUT2D eigenvalue weighted by Gasteiger charge is 2.25. The van der Waals surface area contributed by atoms with Crippen molar-refractivity contribution < 1.29 is 9.47 Å². The number of nitrogens with zero attached hydrogens (tertiary/aromatic N) is 2. The first-order valence-corrected chi connectivity index (χ1v) is 7.00. The van der Waals surface area contributed by atoms with Crippen LogP contribution >= 0.6 is 0 Å². The fraction of sp³-hybridized carbons (Fsp3) is 0.400. The van der Waals surface area contributed by atoms with Gasteiger partial charge in [0, 0.05) is 37.3 Å². The van der Waals surface area contributed by atoms with Gasteiger partial charge in [0.15, 0.2) is 11.5 Å². The molecule has 5 nitrogen and oxygen atoms in total. The van der Waals surface area contributed by atoms with Crippen LogP contribution < -0.4 is 9.47 Å². The van der Waals surface area contributed by atoms with Gasteiger partial charge in [0.25, 0.3) is 0 Å². The Bertz CT molecular complexity index is 611. The maximum atomic E-state index is 6.01. The predicted octanol–water partition coefficient (Wildman–Crippen LogP) is 1.61. The van der Waals surface area contributed by atoms with Crippen molar-refractivity contribution in [1.82, 2.24) is 15.1 Å². The van der Waals surface area contributed by atoms with E-state index in [1.54, 1.807) is 0 Å². The standard InChI is InChI=1S/C15H17N3O2/c1-2-4-15-14(3-1)19-10-12(20-15)9-18-6-5-13-11(8-18)7-16-17-13/h1-4,7,12H,5-6,8-10H2,(H,16,17). The molecule has 0 saturated carbocycles. The molecule has 104 valence electrons. The number of nitrogens with one attached hydrogen (secondary N) is 1. The second-order valence-corrected chi connectivity index (χ2v) is 5.36. The molecular formula is C15H17N3O2. The summed E-state index contributed by atoms with van der Waals surface area (Å²) in [5.74, 6) is 1.70. The molecule has 0 radical (unpaired) electrons. The van der Waals surface area contributed by atoms with E-state index in [4.69, 9.17) is 9.47 Å². The summed E-state index contributed by atoms with van der Waals surface area (Å²) < 4.78 is 11.8. The average molecular weight is 271 g/mol. The number of rotatable bonds is 2. The van der Waals surface area contributed by atoms with Crippen LogP contribution in [0, 0.1) is 0 Å². The Hall–Kier alpha value is -2.01. The summed E-state index contributed by atoms with van der Waals surface area (Å²) in [7, 11) is 0. The summed E-state index contributed by atoms with van der Waals surface area (Å²) in [4.78, 5) is 2.40. The first-order valence-electron chi connectivity index (χ1n) is 7.00. The number of aromatic nitrogens is 2. The Morgan fingerprint density at radius 2 is 2.20 bits per heavy atom. The summed E-state index contributed by atoms with van der Waals surface area (Å²) in [6.07, 6.45) is 3.05. The monoisotopic (exact) mass is 271 g/mol. The van der Waals surface area contributed by atoms with Gasteiger partial charge in [-0.2, -0.15) is 5.10 Å². The molecule has 20 heavy (non-hydrogen) atoms. The number of para-hydroxylation sites is 2. The minimum absolute atomic E-state index is 0.0957. The zero-order valence-electron chi connectivity index (χ0n) is 11.2. The number of hydrogen-bond donors (Lipinski definition) is 1.